The standard InChI is InChI=1S/C16H23N3O2S/c1-4-9-17-16(22)19-18-12-13-7-8-14(21-10-5-2)15(11-13)20-6-3/h4,7-8,11-12H,1,5-6,9-10H2,2-3H3,(H2,17,19,22)/b18-12-. The third kappa shape index (κ3) is 6.58. The molecule has 0 saturated carbocycles. The molecule has 1 aromatic rings. The van der Waals surface area contributed by atoms with Crippen LogP contribution in [0.2, 0.25) is 0 Å². The molecule has 0 atom stereocenters. The van der Waals surface area contributed by atoms with Crippen molar-refractivity contribution < 1.29 is 9.47 Å². The van der Waals surface area contributed by atoms with Crippen LogP contribution in [-0.4, -0.2) is 31.1 Å². The number of nitrogens with zero attached hydrogens (tertiary/aromatic N) is 1. The Morgan fingerprint density at radius 3 is 2.82 bits per heavy atom. The summed E-state index contributed by atoms with van der Waals surface area (Å²) in [7, 11) is 0. The number of hydrazone groups is 1. The van der Waals surface area contributed by atoms with E-state index >= 15 is 0 Å². The van der Waals surface area contributed by atoms with Gasteiger partial charge in [0.1, 0.15) is 0 Å². The first-order valence-corrected chi connectivity index (χ1v) is 7.69. The molecule has 6 heteroatoms. The summed E-state index contributed by atoms with van der Waals surface area (Å²) in [6.07, 6.45) is 4.35. The van der Waals surface area contributed by atoms with Crippen molar-refractivity contribution in [2.45, 2.75) is 20.3 Å². The second-order valence-corrected chi connectivity index (χ2v) is 4.76. The third-order valence-electron chi connectivity index (χ3n) is 2.52. The highest BCUT2D eigenvalue weighted by atomic mass is 32.1. The van der Waals surface area contributed by atoms with Gasteiger partial charge in [-0.1, -0.05) is 13.0 Å². The van der Waals surface area contributed by atoms with E-state index in [0.717, 1.165) is 17.7 Å². The molecule has 22 heavy (non-hydrogen) atoms. The van der Waals surface area contributed by atoms with E-state index in [1.807, 2.05) is 25.1 Å². The van der Waals surface area contributed by atoms with Gasteiger partial charge in [0.2, 0.25) is 0 Å². The van der Waals surface area contributed by atoms with Gasteiger partial charge in [0.15, 0.2) is 16.6 Å². The minimum Gasteiger partial charge on any atom is -0.490 e. The van der Waals surface area contributed by atoms with Crippen molar-refractivity contribution in [1.29, 1.82) is 0 Å². The van der Waals surface area contributed by atoms with E-state index in [4.69, 9.17) is 21.7 Å². The monoisotopic (exact) mass is 321 g/mol. The maximum atomic E-state index is 5.66. The highest BCUT2D eigenvalue weighted by Crippen LogP contribution is 2.28. The summed E-state index contributed by atoms with van der Waals surface area (Å²) in [5.41, 5.74) is 3.63. The summed E-state index contributed by atoms with van der Waals surface area (Å²) in [6, 6.07) is 5.69. The van der Waals surface area contributed by atoms with E-state index in [-0.39, 0.29) is 0 Å². The predicted octanol–water partition coefficient (Wildman–Crippen LogP) is 2.86. The van der Waals surface area contributed by atoms with Crippen molar-refractivity contribution in [3.63, 3.8) is 0 Å². The lowest BCUT2D eigenvalue weighted by molar-refractivity contribution is 0.277. The van der Waals surface area contributed by atoms with Crippen LogP contribution >= 0.6 is 12.2 Å². The molecule has 0 unspecified atom stereocenters. The summed E-state index contributed by atoms with van der Waals surface area (Å²) in [4.78, 5) is 0. The largest absolute Gasteiger partial charge is 0.490 e. The van der Waals surface area contributed by atoms with Gasteiger partial charge < -0.3 is 14.8 Å². The Hall–Kier alpha value is -2.08. The van der Waals surface area contributed by atoms with Gasteiger partial charge in [0, 0.05) is 6.54 Å². The van der Waals surface area contributed by atoms with Crippen LogP contribution in [0.4, 0.5) is 0 Å². The Labute approximate surface area is 137 Å². The molecule has 0 aliphatic heterocycles. The molecular weight excluding hydrogens is 298 g/mol. The lowest BCUT2D eigenvalue weighted by Crippen LogP contribution is -2.31. The van der Waals surface area contributed by atoms with Gasteiger partial charge in [-0.15, -0.1) is 6.58 Å². The molecule has 5 nitrogen and oxygen atoms in total. The molecule has 0 saturated heterocycles. The molecule has 0 fully saturated rings. The van der Waals surface area contributed by atoms with Crippen LogP contribution in [0, 0.1) is 0 Å². The Bertz CT molecular complexity index is 518. The summed E-state index contributed by atoms with van der Waals surface area (Å²) in [5, 5.41) is 7.45. The van der Waals surface area contributed by atoms with Gasteiger partial charge in [0.25, 0.3) is 0 Å². The van der Waals surface area contributed by atoms with E-state index in [2.05, 4.69) is 29.3 Å². The second kappa shape index (κ2) is 10.6. The van der Waals surface area contributed by atoms with E-state index < -0.39 is 0 Å². The molecule has 0 amide bonds. The van der Waals surface area contributed by atoms with Crippen molar-refractivity contribution in [3.05, 3.63) is 36.4 Å². The molecule has 0 aromatic heterocycles. The van der Waals surface area contributed by atoms with E-state index in [9.17, 15) is 0 Å². The molecule has 1 rings (SSSR count). The number of thiocarbonyl (C=S) groups is 1. The Kier molecular flexibility index (Phi) is 8.67. The zero-order valence-corrected chi connectivity index (χ0v) is 13.9. The average Bonchev–Trinajstić information content (AvgIpc) is 2.52. The SMILES string of the molecule is C=CCNC(=S)N/N=C\c1ccc(OCCC)c(OCC)c1. The summed E-state index contributed by atoms with van der Waals surface area (Å²) >= 11 is 5.04. The smallest absolute Gasteiger partial charge is 0.187 e. The van der Waals surface area contributed by atoms with E-state index in [1.165, 1.54) is 0 Å². The first kappa shape index (κ1) is 18.0. The normalized spacial score (nSPS) is 10.3. The molecule has 0 bridgehead atoms. The fourth-order valence-electron chi connectivity index (χ4n) is 1.57. The molecule has 0 aliphatic rings. The Balaban J connectivity index is 2.68. The minimum absolute atomic E-state index is 0.448. The van der Waals surface area contributed by atoms with Crippen molar-refractivity contribution in [2.75, 3.05) is 19.8 Å². The molecule has 0 spiro atoms. The molecule has 120 valence electrons. The number of rotatable bonds is 9. The average molecular weight is 321 g/mol. The second-order valence-electron chi connectivity index (χ2n) is 4.36. The number of nitrogens with one attached hydrogen (secondary N) is 2. The maximum Gasteiger partial charge on any atom is 0.187 e. The van der Waals surface area contributed by atoms with Gasteiger partial charge in [-0.05, 0) is 49.3 Å². The van der Waals surface area contributed by atoms with Gasteiger partial charge >= 0.3 is 0 Å². The number of benzene rings is 1. The van der Waals surface area contributed by atoms with Crippen LogP contribution in [0.25, 0.3) is 0 Å². The van der Waals surface area contributed by atoms with Gasteiger partial charge in [-0.3, -0.25) is 5.43 Å². The van der Waals surface area contributed by atoms with Gasteiger partial charge in [-0.2, -0.15) is 5.10 Å². The maximum absolute atomic E-state index is 5.66. The van der Waals surface area contributed by atoms with Crippen LogP contribution < -0.4 is 20.2 Å². The molecular formula is C16H23N3O2S. The van der Waals surface area contributed by atoms with E-state index in [0.29, 0.717) is 30.6 Å². The number of hydrogen-bond acceptors (Lipinski definition) is 4. The van der Waals surface area contributed by atoms with Gasteiger partial charge in [0.05, 0.1) is 19.4 Å². The summed E-state index contributed by atoms with van der Waals surface area (Å²) < 4.78 is 11.3. The van der Waals surface area contributed by atoms with Crippen LogP contribution in [0.3, 0.4) is 0 Å². The van der Waals surface area contributed by atoms with Crippen molar-refractivity contribution in [1.82, 2.24) is 10.7 Å². The molecule has 2 N–H and O–H groups in total. The fraction of sp³-hybridized carbons (Fsp3) is 0.375. The minimum atomic E-state index is 0.448. The number of hydrogen-bond donors (Lipinski definition) is 2. The quantitative estimate of drug-likeness (QED) is 0.317. The molecule has 0 aliphatic carbocycles. The molecule has 1 aromatic carbocycles. The van der Waals surface area contributed by atoms with Crippen molar-refractivity contribution >= 4 is 23.5 Å². The topological polar surface area (TPSA) is 54.9 Å². The summed E-state index contributed by atoms with van der Waals surface area (Å²) in [5.74, 6) is 1.46. The van der Waals surface area contributed by atoms with Gasteiger partial charge in [-0.25, -0.2) is 0 Å². The first-order valence-electron chi connectivity index (χ1n) is 7.28. The molecule has 0 heterocycles. The van der Waals surface area contributed by atoms with Crippen LogP contribution in [0.1, 0.15) is 25.8 Å². The Morgan fingerprint density at radius 2 is 2.14 bits per heavy atom. The van der Waals surface area contributed by atoms with Crippen molar-refractivity contribution in [3.8, 4) is 11.5 Å². The summed E-state index contributed by atoms with van der Waals surface area (Å²) in [6.45, 7) is 9.45. The first-order chi connectivity index (χ1) is 10.7. The van der Waals surface area contributed by atoms with Crippen LogP contribution in [-0.2, 0) is 0 Å². The lowest BCUT2D eigenvalue weighted by Gasteiger charge is -2.11. The lowest BCUT2D eigenvalue weighted by atomic mass is 10.2. The third-order valence-corrected chi connectivity index (χ3v) is 2.75. The van der Waals surface area contributed by atoms with Crippen LogP contribution in [0.5, 0.6) is 11.5 Å². The van der Waals surface area contributed by atoms with E-state index in [1.54, 1.807) is 12.3 Å². The highest BCUT2D eigenvalue weighted by molar-refractivity contribution is 7.80. The fourth-order valence-corrected chi connectivity index (χ4v) is 1.71. The highest BCUT2D eigenvalue weighted by Gasteiger charge is 2.05. The number of ether oxygens (including phenoxy) is 2. The van der Waals surface area contributed by atoms with Crippen molar-refractivity contribution in [2.24, 2.45) is 5.10 Å². The predicted molar refractivity (Wildman–Crippen MR) is 94.9 cm³/mol. The zero-order valence-electron chi connectivity index (χ0n) is 13.1. The van der Waals surface area contributed by atoms with Crippen LogP contribution in [0.15, 0.2) is 36.0 Å². The zero-order chi connectivity index (χ0) is 16.2. The molecule has 0 radical (unpaired) electrons. The Morgan fingerprint density at radius 1 is 1.32 bits per heavy atom.